The summed E-state index contributed by atoms with van der Waals surface area (Å²) in [6.07, 6.45) is 0. The molecule has 0 bridgehead atoms. The number of rotatable bonds is 7. The van der Waals surface area contributed by atoms with E-state index in [0.29, 0.717) is 27.1 Å². The second kappa shape index (κ2) is 11.8. The van der Waals surface area contributed by atoms with Crippen molar-refractivity contribution < 1.29 is 14.0 Å². The average Bonchev–Trinajstić information content (AvgIpc) is 2.89. The van der Waals surface area contributed by atoms with E-state index >= 15 is 4.39 Å². The van der Waals surface area contributed by atoms with Crippen LogP contribution < -0.4 is 16.0 Å². The molecule has 3 N–H and O–H groups in total. The second-order valence-corrected chi connectivity index (χ2v) is 9.50. The van der Waals surface area contributed by atoms with Crippen LogP contribution in [0.1, 0.15) is 18.4 Å². The van der Waals surface area contributed by atoms with Crippen LogP contribution in [0.4, 0.5) is 15.8 Å². The molecule has 37 heavy (non-hydrogen) atoms. The topological polar surface area (TPSA) is 94.0 Å². The van der Waals surface area contributed by atoms with Crippen molar-refractivity contribution in [1.29, 1.82) is 5.26 Å². The molecule has 0 saturated heterocycles. The normalized spacial score (nSPS) is 15.0. The van der Waals surface area contributed by atoms with Crippen molar-refractivity contribution >= 4 is 46.6 Å². The molecule has 3 aromatic rings. The minimum atomic E-state index is -0.967. The molecule has 186 valence electrons. The molecule has 2 amide bonds. The Morgan fingerprint density at radius 3 is 2.41 bits per heavy atom. The lowest BCUT2D eigenvalue weighted by Gasteiger charge is -2.30. The number of nitrogens with zero attached hydrogens (tertiary/aromatic N) is 1. The summed E-state index contributed by atoms with van der Waals surface area (Å²) in [5.41, 5.74) is 2.05. The fraction of sp³-hybridized carbons (Fsp3) is 0.107. The number of hydrogen-bond donors (Lipinski definition) is 3. The van der Waals surface area contributed by atoms with Crippen LogP contribution in [0.25, 0.3) is 0 Å². The smallest absolute Gasteiger partial charge is 0.254 e. The molecule has 1 aliphatic rings. The maximum Gasteiger partial charge on any atom is 0.254 e. The average molecular weight is 533 g/mol. The summed E-state index contributed by atoms with van der Waals surface area (Å²) in [7, 11) is 0. The molecular weight excluding hydrogens is 511 g/mol. The van der Waals surface area contributed by atoms with Crippen molar-refractivity contribution in [2.75, 3.05) is 16.4 Å². The Labute approximate surface area is 223 Å². The van der Waals surface area contributed by atoms with Gasteiger partial charge >= 0.3 is 0 Å². The van der Waals surface area contributed by atoms with Crippen LogP contribution in [0, 0.1) is 17.1 Å². The number of nitriles is 1. The summed E-state index contributed by atoms with van der Waals surface area (Å²) in [6, 6.07) is 23.9. The molecule has 0 unspecified atom stereocenters. The van der Waals surface area contributed by atoms with E-state index in [1.165, 1.54) is 6.07 Å². The zero-order valence-corrected chi connectivity index (χ0v) is 21.3. The van der Waals surface area contributed by atoms with Gasteiger partial charge in [-0.1, -0.05) is 71.9 Å². The number of thioether (sulfide) groups is 1. The van der Waals surface area contributed by atoms with Crippen LogP contribution in [0.15, 0.2) is 101 Å². The monoisotopic (exact) mass is 532 g/mol. The number of anilines is 2. The van der Waals surface area contributed by atoms with Crippen LogP contribution in [-0.4, -0.2) is 17.6 Å². The molecule has 0 aliphatic carbocycles. The van der Waals surface area contributed by atoms with E-state index < -0.39 is 17.6 Å². The van der Waals surface area contributed by atoms with Gasteiger partial charge in [0, 0.05) is 22.5 Å². The van der Waals surface area contributed by atoms with Crippen molar-refractivity contribution in [2.24, 2.45) is 0 Å². The highest BCUT2D eigenvalue weighted by Crippen LogP contribution is 2.41. The summed E-state index contributed by atoms with van der Waals surface area (Å²) in [4.78, 5) is 26.0. The summed E-state index contributed by atoms with van der Waals surface area (Å²) in [5.74, 6) is -2.34. The van der Waals surface area contributed by atoms with Crippen molar-refractivity contribution in [2.45, 2.75) is 12.8 Å². The van der Waals surface area contributed by atoms with Gasteiger partial charge in [-0.2, -0.15) is 5.26 Å². The number of allylic oxidation sites excluding steroid dienone is 2. The largest absolute Gasteiger partial charge is 0.353 e. The van der Waals surface area contributed by atoms with Crippen molar-refractivity contribution in [3.63, 3.8) is 0 Å². The fourth-order valence-electron chi connectivity index (χ4n) is 3.95. The molecule has 4 rings (SSSR count). The van der Waals surface area contributed by atoms with Crippen LogP contribution in [0.3, 0.4) is 0 Å². The number of hydrogen-bond acceptors (Lipinski definition) is 5. The SMILES string of the molecule is CC1=C(C(=O)Nc2ccccc2)[C@@H](c2ccccc2F)C(C#N)=C(SCC(=O)Nc2ccccc2Cl)N1. The molecule has 0 saturated carbocycles. The standard InChI is InChI=1S/C28H22ClFN4O2S/c1-17-25(27(36)33-18-9-3-2-4-10-18)26(19-11-5-7-13-22(19)30)20(15-31)28(32-17)37-16-24(35)34-23-14-8-6-12-21(23)29/h2-14,26,32H,16H2,1H3,(H,33,36)(H,34,35)/t26-/m0/s1. The molecule has 6 nitrogen and oxygen atoms in total. The molecule has 1 aliphatic heterocycles. The predicted octanol–water partition coefficient (Wildman–Crippen LogP) is 6.19. The highest BCUT2D eigenvalue weighted by Gasteiger charge is 2.36. The number of para-hydroxylation sites is 2. The third kappa shape index (κ3) is 6.02. The molecule has 1 heterocycles. The van der Waals surface area contributed by atoms with Crippen LogP contribution in [0.2, 0.25) is 5.02 Å². The van der Waals surface area contributed by atoms with Gasteiger partial charge in [0.1, 0.15) is 5.82 Å². The van der Waals surface area contributed by atoms with E-state index in [0.717, 1.165) is 11.8 Å². The van der Waals surface area contributed by atoms with Gasteiger partial charge in [0.15, 0.2) is 0 Å². The maximum absolute atomic E-state index is 15.0. The summed E-state index contributed by atoms with van der Waals surface area (Å²) in [6.45, 7) is 1.69. The molecule has 0 aromatic heterocycles. The number of carbonyl (C=O) groups excluding carboxylic acids is 2. The lowest BCUT2D eigenvalue weighted by Crippen LogP contribution is -2.31. The number of dihydropyridines is 1. The summed E-state index contributed by atoms with van der Waals surface area (Å²) >= 11 is 7.21. The Bertz CT molecular complexity index is 1450. The van der Waals surface area contributed by atoms with E-state index in [4.69, 9.17) is 11.6 Å². The Hall–Kier alpha value is -4.06. The van der Waals surface area contributed by atoms with Gasteiger partial charge in [-0.25, -0.2) is 4.39 Å². The lowest BCUT2D eigenvalue weighted by molar-refractivity contribution is -0.114. The molecule has 0 spiro atoms. The van der Waals surface area contributed by atoms with Gasteiger partial charge in [0.2, 0.25) is 5.91 Å². The van der Waals surface area contributed by atoms with E-state index in [9.17, 15) is 14.9 Å². The van der Waals surface area contributed by atoms with Crippen molar-refractivity contribution in [3.05, 3.63) is 117 Å². The van der Waals surface area contributed by atoms with Gasteiger partial charge < -0.3 is 16.0 Å². The minimum absolute atomic E-state index is 0.0401. The zero-order valence-electron chi connectivity index (χ0n) is 19.7. The summed E-state index contributed by atoms with van der Waals surface area (Å²) < 4.78 is 15.0. The van der Waals surface area contributed by atoms with Crippen LogP contribution in [0.5, 0.6) is 0 Å². The quantitative estimate of drug-likeness (QED) is 0.337. The first-order valence-corrected chi connectivity index (χ1v) is 12.7. The van der Waals surface area contributed by atoms with E-state index in [2.05, 4.69) is 22.0 Å². The van der Waals surface area contributed by atoms with Gasteiger partial charge in [-0.15, -0.1) is 0 Å². The number of benzene rings is 3. The van der Waals surface area contributed by atoms with Gasteiger partial charge in [0.25, 0.3) is 5.91 Å². The molecule has 0 fully saturated rings. The van der Waals surface area contributed by atoms with E-state index in [1.807, 2.05) is 6.07 Å². The number of nitrogens with one attached hydrogen (secondary N) is 3. The Balaban J connectivity index is 1.65. The molecule has 0 radical (unpaired) electrons. The zero-order chi connectivity index (χ0) is 26.4. The van der Waals surface area contributed by atoms with Gasteiger partial charge in [-0.3, -0.25) is 9.59 Å². The maximum atomic E-state index is 15.0. The van der Waals surface area contributed by atoms with Crippen LogP contribution >= 0.6 is 23.4 Å². The van der Waals surface area contributed by atoms with Crippen LogP contribution in [-0.2, 0) is 9.59 Å². The second-order valence-electron chi connectivity index (χ2n) is 8.11. The first-order chi connectivity index (χ1) is 17.9. The number of halogens is 2. The highest BCUT2D eigenvalue weighted by atomic mass is 35.5. The van der Waals surface area contributed by atoms with Gasteiger partial charge in [0.05, 0.1) is 39.1 Å². The first-order valence-electron chi connectivity index (χ1n) is 11.3. The molecular formula is C28H22ClFN4O2S. The third-order valence-electron chi connectivity index (χ3n) is 5.64. The first kappa shape index (κ1) is 26.0. The van der Waals surface area contributed by atoms with Crippen molar-refractivity contribution in [1.82, 2.24) is 5.32 Å². The molecule has 3 aromatic carbocycles. The fourth-order valence-corrected chi connectivity index (χ4v) is 5.03. The molecule has 9 heteroatoms. The Kier molecular flexibility index (Phi) is 8.29. The number of amides is 2. The number of carbonyl (C=O) groups is 2. The van der Waals surface area contributed by atoms with E-state index in [1.54, 1.807) is 73.7 Å². The van der Waals surface area contributed by atoms with Gasteiger partial charge in [-0.05, 0) is 37.3 Å². The third-order valence-corrected chi connectivity index (χ3v) is 6.98. The van der Waals surface area contributed by atoms with Crippen molar-refractivity contribution in [3.8, 4) is 6.07 Å². The lowest BCUT2D eigenvalue weighted by atomic mass is 9.82. The molecule has 1 atom stereocenters. The summed E-state index contributed by atoms with van der Waals surface area (Å²) in [5, 5.41) is 19.6. The highest BCUT2D eigenvalue weighted by molar-refractivity contribution is 8.03. The Morgan fingerprint density at radius 1 is 1.03 bits per heavy atom. The predicted molar refractivity (Wildman–Crippen MR) is 145 cm³/mol. The van der Waals surface area contributed by atoms with E-state index in [-0.39, 0.29) is 28.4 Å². The Morgan fingerprint density at radius 2 is 1.70 bits per heavy atom. The minimum Gasteiger partial charge on any atom is -0.353 e.